The lowest BCUT2D eigenvalue weighted by molar-refractivity contribution is 0.663. The molecule has 0 saturated heterocycles. The van der Waals surface area contributed by atoms with E-state index >= 15 is 0 Å². The zero-order valence-corrected chi connectivity index (χ0v) is 57.0. The number of para-hydroxylation sites is 2. The highest BCUT2D eigenvalue weighted by atomic mass is 16.3. The number of nitrogens with zero attached hydrogens (tertiary/aromatic N) is 5. The Balaban J connectivity index is 0.647. The largest absolute Gasteiger partial charge is 0.455 e. The van der Waals surface area contributed by atoms with E-state index in [1.165, 1.54) is 37.7 Å². The van der Waals surface area contributed by atoms with Crippen LogP contribution in [0, 0.1) is 0 Å². The summed E-state index contributed by atoms with van der Waals surface area (Å²) in [4.78, 5) is 27.0. The summed E-state index contributed by atoms with van der Waals surface area (Å²) in [5, 5.41) is 26.3. The third-order valence-corrected chi connectivity index (χ3v) is 21.7. The topological polar surface area (TPSA) is 102 Å². The molecular formula is C98H58N6O2. The number of nitrogens with one attached hydrogen (secondary N) is 1. The van der Waals surface area contributed by atoms with Crippen LogP contribution in [0.15, 0.2) is 359 Å². The molecule has 0 spiro atoms. The number of aliphatic imine (C=N–C) groups is 2. The molecule has 1 aliphatic rings. The first-order valence-electron chi connectivity index (χ1n) is 35.9. The molecule has 4 heterocycles. The lowest BCUT2D eigenvalue weighted by Gasteiger charge is -2.25. The minimum atomic E-state index is -0.525. The number of amidine groups is 2. The second kappa shape index (κ2) is 23.7. The Bertz CT molecular complexity index is 7390. The van der Waals surface area contributed by atoms with E-state index in [9.17, 15) is 0 Å². The van der Waals surface area contributed by atoms with Crippen molar-refractivity contribution in [2.24, 2.45) is 9.98 Å². The van der Waals surface area contributed by atoms with Gasteiger partial charge in [0.1, 0.15) is 34.3 Å². The van der Waals surface area contributed by atoms with Gasteiger partial charge >= 0.3 is 0 Å². The normalized spacial score (nSPS) is 13.4. The average Bonchev–Trinajstić information content (AvgIpc) is 1.55. The van der Waals surface area contributed by atoms with Gasteiger partial charge in [-0.3, -0.25) is 0 Å². The van der Waals surface area contributed by atoms with Crippen molar-refractivity contribution in [3.63, 3.8) is 0 Å². The van der Waals surface area contributed by atoms with Crippen molar-refractivity contribution in [2.45, 2.75) is 6.17 Å². The van der Waals surface area contributed by atoms with Gasteiger partial charge in [-0.05, 0) is 163 Å². The highest BCUT2D eigenvalue weighted by Gasteiger charge is 2.29. The van der Waals surface area contributed by atoms with Crippen LogP contribution in [0.1, 0.15) is 22.9 Å². The Labute approximate surface area is 607 Å². The average molecular weight is 1350 g/mol. The molecule has 0 radical (unpaired) electrons. The first-order valence-corrected chi connectivity index (χ1v) is 35.9. The third kappa shape index (κ3) is 9.58. The van der Waals surface area contributed by atoms with Crippen molar-refractivity contribution >= 4 is 142 Å². The number of benzene rings is 18. The number of hydrogen-bond acceptors (Lipinski definition) is 8. The molecule has 22 rings (SSSR count). The summed E-state index contributed by atoms with van der Waals surface area (Å²) in [6.07, 6.45) is -0.525. The van der Waals surface area contributed by atoms with Crippen molar-refractivity contribution in [3.8, 4) is 67.5 Å². The fourth-order valence-electron chi connectivity index (χ4n) is 16.7. The van der Waals surface area contributed by atoms with Crippen LogP contribution in [0.5, 0.6) is 0 Å². The van der Waals surface area contributed by atoms with Gasteiger partial charge in [-0.15, -0.1) is 0 Å². The molecule has 0 bridgehead atoms. The summed E-state index contributed by atoms with van der Waals surface area (Å²) < 4.78 is 14.1. The SMILES string of the molecule is c1ccc(-c2nc(-c3ccc4c(ccc5ccc(-c6cccc7c(-c8ccc(C9N=C(c%10ccc%11ccc%12ccccc%12c%11c%10)N=C(c%10ccc%11ccccc%11c%10)N9)c9c8oc8ccccc89)cccc67)cc54)c3)nc(-c3ccc(-c4cc5ccccc5c5ccccc45)c4oc5ccccc5c34)n2)cc1. The van der Waals surface area contributed by atoms with Gasteiger partial charge in [0.25, 0.3) is 0 Å². The molecule has 1 aliphatic heterocycles. The van der Waals surface area contributed by atoms with Crippen molar-refractivity contribution in [1.82, 2.24) is 20.3 Å². The summed E-state index contributed by atoms with van der Waals surface area (Å²) in [5.74, 6) is 3.12. The predicted octanol–water partition coefficient (Wildman–Crippen LogP) is 25.4. The summed E-state index contributed by atoms with van der Waals surface area (Å²) in [5.41, 5.74) is 15.2. The Hall–Kier alpha value is -14.2. The van der Waals surface area contributed by atoms with Crippen molar-refractivity contribution < 1.29 is 8.83 Å². The number of hydrogen-bond donors (Lipinski definition) is 1. The van der Waals surface area contributed by atoms with Gasteiger partial charge in [0.05, 0.1) is 0 Å². The van der Waals surface area contributed by atoms with Gasteiger partial charge in [-0.25, -0.2) is 24.9 Å². The molecule has 1 unspecified atom stereocenters. The molecule has 8 nitrogen and oxygen atoms in total. The van der Waals surface area contributed by atoms with Crippen molar-refractivity contribution in [2.75, 3.05) is 0 Å². The van der Waals surface area contributed by atoms with E-state index in [1.54, 1.807) is 0 Å². The van der Waals surface area contributed by atoms with Crippen LogP contribution in [0.25, 0.3) is 198 Å². The standard InChI is InChI=1S/C98H58N6O2/c1-2-20-61(21-3-1)93-99-95(103-97(101-93)83-51-49-79(92-90(83)81-29-13-15-35-88(81)106-92)86-55-63-23-7-9-25-70(63)73-26-10-11-27-77(73)86)67-46-47-72-64(53-67)42-39-60-40-43-65(54-84(60)72)71-30-16-32-75-74(71)31-17-33-76(75)78-48-50-82(89-80-28-12-14-34-87(80)105-91(78)89)98-102-94(66-44-36-57-18-4-5-22-62(57)52-66)100-96(104-98)68-45-41-59-38-37-58-19-6-8-24-69(58)85(59)56-68/h1-56,98H,(H,100,102,104). The van der Waals surface area contributed by atoms with Gasteiger partial charge in [0, 0.05) is 66.1 Å². The van der Waals surface area contributed by atoms with E-state index in [1.807, 2.05) is 36.4 Å². The molecular weight excluding hydrogens is 1290 g/mol. The Morgan fingerprint density at radius 3 is 1.49 bits per heavy atom. The Morgan fingerprint density at radius 2 is 0.717 bits per heavy atom. The molecule has 21 aromatic rings. The number of furan rings is 2. The van der Waals surface area contributed by atoms with E-state index in [0.717, 1.165) is 165 Å². The highest BCUT2D eigenvalue weighted by molar-refractivity contribution is 6.23. The zero-order valence-electron chi connectivity index (χ0n) is 57.0. The van der Waals surface area contributed by atoms with Crippen LogP contribution >= 0.6 is 0 Å². The summed E-state index contributed by atoms with van der Waals surface area (Å²) in [6.45, 7) is 0. The molecule has 1 atom stereocenters. The molecule has 18 aromatic carbocycles. The molecule has 0 fully saturated rings. The van der Waals surface area contributed by atoms with Crippen LogP contribution < -0.4 is 5.32 Å². The molecule has 3 aromatic heterocycles. The smallest absolute Gasteiger partial charge is 0.164 e. The maximum absolute atomic E-state index is 7.12. The van der Waals surface area contributed by atoms with Gasteiger partial charge < -0.3 is 14.2 Å². The summed E-state index contributed by atoms with van der Waals surface area (Å²) in [7, 11) is 0. The fourth-order valence-corrected chi connectivity index (χ4v) is 16.7. The lowest BCUT2D eigenvalue weighted by Crippen LogP contribution is -2.33. The van der Waals surface area contributed by atoms with Crippen LogP contribution in [-0.2, 0) is 0 Å². The van der Waals surface area contributed by atoms with Crippen LogP contribution in [-0.4, -0.2) is 26.6 Å². The van der Waals surface area contributed by atoms with Crippen molar-refractivity contribution in [1.29, 1.82) is 0 Å². The van der Waals surface area contributed by atoms with E-state index in [-0.39, 0.29) is 0 Å². The summed E-state index contributed by atoms with van der Waals surface area (Å²) in [6, 6.07) is 121. The molecule has 106 heavy (non-hydrogen) atoms. The molecule has 1 N–H and O–H groups in total. The fraction of sp³-hybridized carbons (Fsp3) is 0.0102. The molecule has 492 valence electrons. The number of rotatable bonds is 9. The van der Waals surface area contributed by atoms with Crippen LogP contribution in [0.4, 0.5) is 0 Å². The quantitative estimate of drug-likeness (QED) is 0.145. The van der Waals surface area contributed by atoms with Gasteiger partial charge in [0.2, 0.25) is 0 Å². The molecule has 8 heteroatoms. The second-order valence-corrected chi connectivity index (χ2v) is 27.7. The first-order chi connectivity index (χ1) is 52.5. The first kappa shape index (κ1) is 59.5. The minimum Gasteiger partial charge on any atom is -0.455 e. The van der Waals surface area contributed by atoms with Crippen LogP contribution in [0.2, 0.25) is 0 Å². The van der Waals surface area contributed by atoms with Gasteiger partial charge in [0.15, 0.2) is 23.3 Å². The van der Waals surface area contributed by atoms with E-state index in [0.29, 0.717) is 23.3 Å². The maximum Gasteiger partial charge on any atom is 0.164 e. The summed E-state index contributed by atoms with van der Waals surface area (Å²) >= 11 is 0. The van der Waals surface area contributed by atoms with Crippen molar-refractivity contribution in [3.05, 3.63) is 356 Å². The van der Waals surface area contributed by atoms with Crippen LogP contribution in [0.3, 0.4) is 0 Å². The number of fused-ring (bicyclic) bond motifs is 17. The molecule has 0 amide bonds. The van der Waals surface area contributed by atoms with E-state index in [2.05, 4.69) is 309 Å². The Morgan fingerprint density at radius 1 is 0.245 bits per heavy atom. The third-order valence-electron chi connectivity index (χ3n) is 21.7. The predicted molar refractivity (Wildman–Crippen MR) is 439 cm³/mol. The van der Waals surface area contributed by atoms with E-state index in [4.69, 9.17) is 33.8 Å². The lowest BCUT2D eigenvalue weighted by atomic mass is 9.90. The monoisotopic (exact) mass is 1350 g/mol. The van der Waals surface area contributed by atoms with Gasteiger partial charge in [-0.2, -0.15) is 0 Å². The molecule has 0 saturated carbocycles. The minimum absolute atomic E-state index is 0.525. The highest BCUT2D eigenvalue weighted by Crippen LogP contribution is 2.48. The molecule has 0 aliphatic carbocycles. The Kier molecular flexibility index (Phi) is 13.3. The number of aromatic nitrogens is 3. The zero-order chi connectivity index (χ0) is 69.5. The maximum atomic E-state index is 7.12. The second-order valence-electron chi connectivity index (χ2n) is 27.7. The van der Waals surface area contributed by atoms with E-state index < -0.39 is 6.17 Å². The van der Waals surface area contributed by atoms with Gasteiger partial charge in [-0.1, -0.05) is 285 Å².